The molecule has 0 N–H and O–H groups in total. The predicted octanol–water partition coefficient (Wildman–Crippen LogP) is 2.03. The molecule has 1 fully saturated rings. The standard InChI is InChI=1S/C19H19N3O3/c1-25-15-8-6-14(7-9-15)20-10-12-21(13-11-20)22-18(23)16-4-2-3-5-17(16)19(22)24/h2-9H,10-13H2,1H3. The minimum atomic E-state index is -0.224. The normalized spacial score (nSPS) is 17.8. The molecule has 1 saturated heterocycles. The molecule has 2 aliphatic rings. The van der Waals surface area contributed by atoms with Crippen molar-refractivity contribution in [3.8, 4) is 5.75 Å². The number of ether oxygens (including phenoxy) is 1. The number of anilines is 1. The molecular formula is C19H19N3O3. The van der Waals surface area contributed by atoms with Crippen LogP contribution in [-0.4, -0.2) is 55.1 Å². The SMILES string of the molecule is COc1ccc(N2CCN(N3C(=O)c4ccccc4C3=O)CC2)cc1. The van der Waals surface area contributed by atoms with Gasteiger partial charge in [0.05, 0.1) is 18.2 Å². The molecule has 0 unspecified atom stereocenters. The summed E-state index contributed by atoms with van der Waals surface area (Å²) in [5.74, 6) is 0.380. The summed E-state index contributed by atoms with van der Waals surface area (Å²) in [7, 11) is 1.65. The highest BCUT2D eigenvalue weighted by Crippen LogP contribution is 2.26. The fourth-order valence-corrected chi connectivity index (χ4v) is 3.38. The molecule has 0 atom stereocenters. The van der Waals surface area contributed by atoms with Gasteiger partial charge in [0.2, 0.25) is 0 Å². The lowest BCUT2D eigenvalue weighted by Gasteiger charge is -2.39. The van der Waals surface area contributed by atoms with E-state index in [0.29, 0.717) is 24.2 Å². The molecule has 0 bridgehead atoms. The summed E-state index contributed by atoms with van der Waals surface area (Å²) in [6.45, 7) is 2.74. The highest BCUT2D eigenvalue weighted by atomic mass is 16.5. The number of carbonyl (C=O) groups excluding carboxylic acids is 2. The number of piperazine rings is 1. The number of hydrazine groups is 1. The van der Waals surface area contributed by atoms with E-state index in [9.17, 15) is 9.59 Å². The average Bonchev–Trinajstić information content (AvgIpc) is 2.93. The maximum absolute atomic E-state index is 12.6. The van der Waals surface area contributed by atoms with Crippen LogP contribution in [0.5, 0.6) is 5.75 Å². The summed E-state index contributed by atoms with van der Waals surface area (Å²) >= 11 is 0. The van der Waals surface area contributed by atoms with Crippen molar-refractivity contribution in [3.63, 3.8) is 0 Å². The maximum atomic E-state index is 12.6. The van der Waals surface area contributed by atoms with Crippen molar-refractivity contribution >= 4 is 17.5 Å². The number of imide groups is 1. The van der Waals surface area contributed by atoms with Gasteiger partial charge in [-0.15, -0.1) is 0 Å². The van der Waals surface area contributed by atoms with Gasteiger partial charge in [0.15, 0.2) is 0 Å². The van der Waals surface area contributed by atoms with Crippen molar-refractivity contribution in [2.45, 2.75) is 0 Å². The molecule has 128 valence electrons. The first-order valence-electron chi connectivity index (χ1n) is 8.31. The van der Waals surface area contributed by atoms with E-state index >= 15 is 0 Å². The van der Waals surface area contributed by atoms with Gasteiger partial charge in [0.25, 0.3) is 11.8 Å². The number of rotatable bonds is 3. The van der Waals surface area contributed by atoms with E-state index in [-0.39, 0.29) is 11.8 Å². The second-order valence-electron chi connectivity index (χ2n) is 6.11. The van der Waals surface area contributed by atoms with Gasteiger partial charge in [-0.2, -0.15) is 0 Å². The Balaban J connectivity index is 1.45. The maximum Gasteiger partial charge on any atom is 0.276 e. The van der Waals surface area contributed by atoms with Gasteiger partial charge in [-0.1, -0.05) is 12.1 Å². The molecule has 0 saturated carbocycles. The van der Waals surface area contributed by atoms with Crippen LogP contribution in [0.15, 0.2) is 48.5 Å². The Kier molecular flexibility index (Phi) is 3.89. The first-order chi connectivity index (χ1) is 12.2. The van der Waals surface area contributed by atoms with E-state index in [2.05, 4.69) is 4.90 Å². The molecule has 2 aliphatic heterocycles. The highest BCUT2D eigenvalue weighted by molar-refractivity contribution is 6.20. The number of methoxy groups -OCH3 is 1. The quantitative estimate of drug-likeness (QED) is 0.802. The zero-order valence-corrected chi connectivity index (χ0v) is 14.0. The topological polar surface area (TPSA) is 53.1 Å². The molecule has 6 nitrogen and oxygen atoms in total. The van der Waals surface area contributed by atoms with E-state index in [1.54, 1.807) is 31.4 Å². The molecule has 0 aromatic heterocycles. The van der Waals surface area contributed by atoms with Crippen molar-refractivity contribution in [1.82, 2.24) is 10.0 Å². The molecule has 25 heavy (non-hydrogen) atoms. The monoisotopic (exact) mass is 337 g/mol. The molecule has 6 heteroatoms. The van der Waals surface area contributed by atoms with Crippen LogP contribution in [0.4, 0.5) is 5.69 Å². The van der Waals surface area contributed by atoms with E-state index < -0.39 is 0 Å². The highest BCUT2D eigenvalue weighted by Gasteiger charge is 2.40. The Morgan fingerprint density at radius 1 is 0.800 bits per heavy atom. The molecule has 2 aromatic rings. The van der Waals surface area contributed by atoms with E-state index in [0.717, 1.165) is 24.5 Å². The van der Waals surface area contributed by atoms with E-state index in [1.165, 1.54) is 5.01 Å². The van der Waals surface area contributed by atoms with Gasteiger partial charge in [0.1, 0.15) is 5.75 Å². The number of nitrogens with zero attached hydrogens (tertiary/aromatic N) is 3. The van der Waals surface area contributed by atoms with Crippen molar-refractivity contribution in [2.75, 3.05) is 38.2 Å². The first kappa shape index (κ1) is 15.7. The van der Waals surface area contributed by atoms with Crippen LogP contribution in [0.2, 0.25) is 0 Å². The van der Waals surface area contributed by atoms with Crippen molar-refractivity contribution in [3.05, 3.63) is 59.7 Å². The fourth-order valence-electron chi connectivity index (χ4n) is 3.38. The first-order valence-corrected chi connectivity index (χ1v) is 8.31. The second kappa shape index (κ2) is 6.22. The van der Waals surface area contributed by atoms with Gasteiger partial charge in [-0.05, 0) is 36.4 Å². The van der Waals surface area contributed by atoms with Crippen molar-refractivity contribution < 1.29 is 14.3 Å². The second-order valence-corrected chi connectivity index (χ2v) is 6.11. The summed E-state index contributed by atoms with van der Waals surface area (Å²) in [5, 5.41) is 3.15. The Hall–Kier alpha value is -2.86. The third-order valence-corrected chi connectivity index (χ3v) is 4.75. The van der Waals surface area contributed by atoms with Crippen LogP contribution in [-0.2, 0) is 0 Å². The number of fused-ring (bicyclic) bond motifs is 1. The number of benzene rings is 2. The number of hydrogen-bond acceptors (Lipinski definition) is 5. The van der Waals surface area contributed by atoms with Gasteiger partial charge in [-0.25, -0.2) is 10.0 Å². The fraction of sp³-hybridized carbons (Fsp3) is 0.263. The number of hydrogen-bond donors (Lipinski definition) is 0. The van der Waals surface area contributed by atoms with Gasteiger partial charge < -0.3 is 9.64 Å². The predicted molar refractivity (Wildman–Crippen MR) is 93.7 cm³/mol. The summed E-state index contributed by atoms with van der Waals surface area (Å²) in [5.41, 5.74) is 2.10. The molecule has 2 heterocycles. The van der Waals surface area contributed by atoms with Gasteiger partial charge in [-0.3, -0.25) is 9.59 Å². The Morgan fingerprint density at radius 2 is 1.36 bits per heavy atom. The molecule has 2 amide bonds. The minimum absolute atomic E-state index is 0.224. The van der Waals surface area contributed by atoms with E-state index in [4.69, 9.17) is 4.74 Å². The average molecular weight is 337 g/mol. The zero-order chi connectivity index (χ0) is 17.4. The van der Waals surface area contributed by atoms with Crippen LogP contribution < -0.4 is 9.64 Å². The molecule has 4 rings (SSSR count). The minimum Gasteiger partial charge on any atom is -0.497 e. The Labute approximate surface area is 146 Å². The molecule has 0 radical (unpaired) electrons. The van der Waals surface area contributed by atoms with Gasteiger partial charge in [0, 0.05) is 31.9 Å². The zero-order valence-electron chi connectivity index (χ0n) is 14.0. The summed E-state index contributed by atoms with van der Waals surface area (Å²) < 4.78 is 5.19. The van der Waals surface area contributed by atoms with E-state index in [1.807, 2.05) is 29.3 Å². The van der Waals surface area contributed by atoms with Crippen molar-refractivity contribution in [1.29, 1.82) is 0 Å². The molecule has 0 spiro atoms. The lowest BCUT2D eigenvalue weighted by molar-refractivity contribution is -0.000890. The number of carbonyl (C=O) groups is 2. The lowest BCUT2D eigenvalue weighted by Crippen LogP contribution is -2.55. The molecule has 2 aromatic carbocycles. The Bertz CT molecular complexity index is 776. The Morgan fingerprint density at radius 3 is 1.88 bits per heavy atom. The van der Waals surface area contributed by atoms with Crippen LogP contribution in [0, 0.1) is 0 Å². The number of amides is 2. The molecular weight excluding hydrogens is 318 g/mol. The van der Waals surface area contributed by atoms with Crippen LogP contribution in [0.1, 0.15) is 20.7 Å². The largest absolute Gasteiger partial charge is 0.497 e. The van der Waals surface area contributed by atoms with Crippen LogP contribution in [0.25, 0.3) is 0 Å². The summed E-state index contributed by atoms with van der Waals surface area (Å²) in [4.78, 5) is 27.4. The molecule has 0 aliphatic carbocycles. The summed E-state index contributed by atoms with van der Waals surface area (Å²) in [6.07, 6.45) is 0. The van der Waals surface area contributed by atoms with Crippen LogP contribution in [0.3, 0.4) is 0 Å². The third-order valence-electron chi connectivity index (χ3n) is 4.75. The van der Waals surface area contributed by atoms with Gasteiger partial charge >= 0.3 is 0 Å². The smallest absolute Gasteiger partial charge is 0.276 e. The third kappa shape index (κ3) is 2.64. The van der Waals surface area contributed by atoms with Crippen LogP contribution >= 0.6 is 0 Å². The summed E-state index contributed by atoms with van der Waals surface area (Å²) in [6, 6.07) is 14.9. The lowest BCUT2D eigenvalue weighted by atomic mass is 10.1. The van der Waals surface area contributed by atoms with Crippen molar-refractivity contribution in [2.24, 2.45) is 0 Å².